The highest BCUT2D eigenvalue weighted by Crippen LogP contribution is 2.68. The fraction of sp³-hybridized carbons (Fsp3) is 0.650. The smallest absolute Gasteiger partial charge is 0.309 e. The average molecular weight is 333 g/mol. The molecule has 0 aliphatic heterocycles. The minimum absolute atomic E-state index is 0.100. The molecule has 1 aromatic carbocycles. The number of hydrogen-bond donors (Lipinski definition) is 1. The van der Waals surface area contributed by atoms with Crippen molar-refractivity contribution in [3.8, 4) is 0 Å². The van der Waals surface area contributed by atoms with E-state index in [-0.39, 0.29) is 5.41 Å². The molecule has 1 aromatic rings. The summed E-state index contributed by atoms with van der Waals surface area (Å²) in [5.41, 5.74) is 0.998. The third-order valence-electron chi connectivity index (χ3n) is 7.01. The highest BCUT2D eigenvalue weighted by Gasteiger charge is 2.63. The average Bonchev–Trinajstić information content (AvgIpc) is 2.54. The molecule has 2 atom stereocenters. The molecule has 124 valence electrons. The van der Waals surface area contributed by atoms with E-state index in [1.165, 1.54) is 24.8 Å². The third-order valence-corrected chi connectivity index (χ3v) is 7.28. The topological polar surface area (TPSA) is 37.3 Å². The molecule has 1 N–H and O–H groups in total. The van der Waals surface area contributed by atoms with Crippen molar-refractivity contribution >= 4 is 17.6 Å². The second-order valence-corrected chi connectivity index (χ2v) is 8.62. The van der Waals surface area contributed by atoms with Gasteiger partial charge in [-0.3, -0.25) is 4.79 Å². The summed E-state index contributed by atoms with van der Waals surface area (Å²) >= 11 is 5.92. The molecule has 0 heterocycles. The maximum atomic E-state index is 12.1. The Morgan fingerprint density at radius 2 is 1.78 bits per heavy atom. The predicted octanol–water partition coefficient (Wildman–Crippen LogP) is 4.85. The number of carboxylic acid groups (broad SMARTS) is 1. The van der Waals surface area contributed by atoms with Gasteiger partial charge in [0.05, 0.1) is 5.41 Å². The molecule has 4 bridgehead atoms. The van der Waals surface area contributed by atoms with Crippen LogP contribution in [0.4, 0.5) is 0 Å². The Labute approximate surface area is 143 Å². The van der Waals surface area contributed by atoms with Crippen LogP contribution in [-0.4, -0.2) is 17.0 Å². The molecular formula is C20H25ClO2. The molecular weight excluding hydrogens is 308 g/mol. The lowest BCUT2D eigenvalue weighted by Gasteiger charge is -2.64. The van der Waals surface area contributed by atoms with E-state index >= 15 is 0 Å². The van der Waals surface area contributed by atoms with Gasteiger partial charge in [0.25, 0.3) is 0 Å². The normalized spacial score (nSPS) is 41.2. The van der Waals surface area contributed by atoms with Gasteiger partial charge in [0.1, 0.15) is 0 Å². The van der Waals surface area contributed by atoms with Crippen LogP contribution in [0.2, 0.25) is 0 Å². The first kappa shape index (κ1) is 15.5. The summed E-state index contributed by atoms with van der Waals surface area (Å²) in [7, 11) is 0. The van der Waals surface area contributed by atoms with Crippen LogP contribution in [0.3, 0.4) is 0 Å². The van der Waals surface area contributed by atoms with Gasteiger partial charge in [-0.1, -0.05) is 30.3 Å². The number of carboxylic acids is 1. The van der Waals surface area contributed by atoms with Crippen LogP contribution >= 0.6 is 11.6 Å². The molecule has 4 aliphatic rings. The summed E-state index contributed by atoms with van der Waals surface area (Å²) < 4.78 is 0. The van der Waals surface area contributed by atoms with E-state index in [2.05, 4.69) is 30.3 Å². The fourth-order valence-corrected chi connectivity index (χ4v) is 6.56. The highest BCUT2D eigenvalue weighted by atomic mass is 35.5. The number of aliphatic carboxylic acids is 1. The number of halogens is 1. The highest BCUT2D eigenvalue weighted by molar-refractivity contribution is 6.17. The van der Waals surface area contributed by atoms with Crippen molar-refractivity contribution in [2.75, 3.05) is 5.88 Å². The van der Waals surface area contributed by atoms with E-state index < -0.39 is 11.4 Å². The van der Waals surface area contributed by atoms with Crippen LogP contribution in [-0.2, 0) is 10.2 Å². The molecule has 0 radical (unpaired) electrons. The first-order valence-electron chi connectivity index (χ1n) is 8.93. The Morgan fingerprint density at radius 3 is 2.35 bits per heavy atom. The molecule has 4 saturated carbocycles. The van der Waals surface area contributed by atoms with Crippen molar-refractivity contribution in [2.24, 2.45) is 23.2 Å². The van der Waals surface area contributed by atoms with Gasteiger partial charge in [-0.2, -0.15) is 0 Å². The number of carbonyl (C=O) groups is 1. The molecule has 2 unspecified atom stereocenters. The van der Waals surface area contributed by atoms with Gasteiger partial charge in [0.15, 0.2) is 0 Å². The van der Waals surface area contributed by atoms with E-state index in [1.807, 2.05) is 0 Å². The molecule has 0 aromatic heterocycles. The summed E-state index contributed by atoms with van der Waals surface area (Å²) in [6.07, 6.45) is 7.22. The van der Waals surface area contributed by atoms with Crippen molar-refractivity contribution in [3.63, 3.8) is 0 Å². The minimum Gasteiger partial charge on any atom is -0.481 e. The predicted molar refractivity (Wildman–Crippen MR) is 91.7 cm³/mol. The standard InChI is InChI=1S/C20H25ClO2/c21-8-4-7-17-14-9-19(16-5-2-1-3-6-16)10-15(17)12-20(11-14,13-19)18(22)23/h1-3,5-6,14-15,17H,4,7-13H2,(H,22,23). The van der Waals surface area contributed by atoms with E-state index in [1.54, 1.807) is 0 Å². The second-order valence-electron chi connectivity index (χ2n) is 8.24. The van der Waals surface area contributed by atoms with Crippen molar-refractivity contribution in [2.45, 2.75) is 50.4 Å². The van der Waals surface area contributed by atoms with Crippen LogP contribution in [0.25, 0.3) is 0 Å². The summed E-state index contributed by atoms with van der Waals surface area (Å²) in [5.74, 6) is 2.00. The maximum Gasteiger partial charge on any atom is 0.309 e. The van der Waals surface area contributed by atoms with E-state index in [9.17, 15) is 9.90 Å². The Balaban J connectivity index is 1.71. The molecule has 0 spiro atoms. The zero-order valence-corrected chi connectivity index (χ0v) is 14.3. The first-order valence-corrected chi connectivity index (χ1v) is 9.47. The van der Waals surface area contributed by atoms with Crippen LogP contribution < -0.4 is 0 Å². The summed E-state index contributed by atoms with van der Waals surface area (Å²) in [5, 5.41) is 9.98. The van der Waals surface area contributed by atoms with Gasteiger partial charge >= 0.3 is 5.97 Å². The van der Waals surface area contributed by atoms with Gasteiger partial charge in [0.2, 0.25) is 0 Å². The summed E-state index contributed by atoms with van der Waals surface area (Å²) in [6, 6.07) is 10.7. The number of hydrogen-bond acceptors (Lipinski definition) is 1. The van der Waals surface area contributed by atoms with Crippen molar-refractivity contribution in [3.05, 3.63) is 35.9 Å². The molecule has 0 saturated heterocycles. The van der Waals surface area contributed by atoms with Crippen molar-refractivity contribution in [1.29, 1.82) is 0 Å². The molecule has 3 heteroatoms. The Hall–Kier alpha value is -1.02. The molecule has 0 amide bonds. The van der Waals surface area contributed by atoms with Gasteiger partial charge in [-0.25, -0.2) is 0 Å². The SMILES string of the molecule is O=C(O)C12CC3CC(c4ccccc4)(CC(C1)C3CCCCl)C2. The molecule has 23 heavy (non-hydrogen) atoms. The Kier molecular flexibility index (Phi) is 3.72. The summed E-state index contributed by atoms with van der Waals surface area (Å²) in [4.78, 5) is 12.1. The van der Waals surface area contributed by atoms with Gasteiger partial charge in [-0.15, -0.1) is 11.6 Å². The second kappa shape index (κ2) is 5.51. The van der Waals surface area contributed by atoms with E-state index in [4.69, 9.17) is 11.6 Å². The lowest BCUT2D eigenvalue weighted by molar-refractivity contribution is -0.175. The number of benzene rings is 1. The minimum atomic E-state index is -0.553. The number of rotatable bonds is 5. The molecule has 5 rings (SSSR count). The van der Waals surface area contributed by atoms with Gasteiger partial charge in [0, 0.05) is 5.88 Å². The van der Waals surface area contributed by atoms with Crippen molar-refractivity contribution < 1.29 is 9.90 Å². The Bertz CT molecular complexity index is 581. The zero-order chi connectivity index (χ0) is 16.1. The van der Waals surface area contributed by atoms with Crippen LogP contribution in [0, 0.1) is 23.2 Å². The monoisotopic (exact) mass is 332 g/mol. The van der Waals surface area contributed by atoms with E-state index in [0.717, 1.165) is 31.6 Å². The summed E-state index contributed by atoms with van der Waals surface area (Å²) in [6.45, 7) is 0. The van der Waals surface area contributed by atoms with Crippen LogP contribution in [0.5, 0.6) is 0 Å². The number of alkyl halides is 1. The van der Waals surface area contributed by atoms with Crippen LogP contribution in [0.1, 0.15) is 50.5 Å². The van der Waals surface area contributed by atoms with Gasteiger partial charge in [-0.05, 0) is 73.7 Å². The maximum absolute atomic E-state index is 12.1. The van der Waals surface area contributed by atoms with Crippen molar-refractivity contribution in [1.82, 2.24) is 0 Å². The Morgan fingerprint density at radius 1 is 1.13 bits per heavy atom. The third kappa shape index (κ3) is 2.33. The molecule has 4 aliphatic carbocycles. The molecule has 4 fully saturated rings. The fourth-order valence-electron chi connectivity index (χ4n) is 6.41. The quantitative estimate of drug-likeness (QED) is 0.782. The zero-order valence-electron chi connectivity index (χ0n) is 13.5. The van der Waals surface area contributed by atoms with Gasteiger partial charge < -0.3 is 5.11 Å². The van der Waals surface area contributed by atoms with Crippen LogP contribution in [0.15, 0.2) is 30.3 Å². The first-order chi connectivity index (χ1) is 11.1. The molecule has 2 nitrogen and oxygen atoms in total. The largest absolute Gasteiger partial charge is 0.481 e. The lowest BCUT2D eigenvalue weighted by atomic mass is 9.40. The van der Waals surface area contributed by atoms with E-state index in [0.29, 0.717) is 17.8 Å². The lowest BCUT2D eigenvalue weighted by Crippen LogP contribution is -2.60.